The van der Waals surface area contributed by atoms with E-state index in [-0.39, 0.29) is 0 Å². The van der Waals surface area contributed by atoms with Gasteiger partial charge in [0.15, 0.2) is 0 Å². The Balaban J connectivity index is 1.72. The van der Waals surface area contributed by atoms with Crippen LogP contribution in [0.15, 0.2) is 83.8 Å². The molecule has 0 saturated carbocycles. The first-order valence-electron chi connectivity index (χ1n) is 10.8. The summed E-state index contributed by atoms with van der Waals surface area (Å²) in [6.07, 6.45) is 9.57. The van der Waals surface area contributed by atoms with Crippen LogP contribution in [0.3, 0.4) is 0 Å². The average molecular weight is 389 g/mol. The molecule has 0 unspecified atom stereocenters. The molecule has 3 aromatic rings. The Bertz CT molecular complexity index is 808. The van der Waals surface area contributed by atoms with E-state index in [4.69, 9.17) is 0 Å². The maximum atomic E-state index is 2.29. The Morgan fingerprint density at radius 3 is 1.86 bits per heavy atom. The molecule has 0 aromatic heterocycles. The van der Waals surface area contributed by atoms with Gasteiger partial charge in [0.05, 0.1) is 0 Å². The second-order valence-electron chi connectivity index (χ2n) is 7.38. The summed E-state index contributed by atoms with van der Waals surface area (Å²) in [6.45, 7) is 2.28. The summed E-state index contributed by atoms with van der Waals surface area (Å²) in [7, 11) is 0. The molecule has 0 N–H and O–H groups in total. The molecular weight excluding hydrogens is 356 g/mol. The van der Waals surface area contributed by atoms with E-state index in [1.807, 2.05) is 11.8 Å². The molecule has 146 valence electrons. The molecule has 3 rings (SSSR count). The molecule has 0 bridgehead atoms. The van der Waals surface area contributed by atoms with Gasteiger partial charge in [0.25, 0.3) is 0 Å². The van der Waals surface area contributed by atoms with Crippen LogP contribution >= 0.6 is 11.8 Å². The molecule has 0 fully saturated rings. The monoisotopic (exact) mass is 388 g/mol. The molecule has 0 nitrogen and oxygen atoms in total. The Hall–Kier alpha value is -1.99. The van der Waals surface area contributed by atoms with Crippen LogP contribution in [0.2, 0.25) is 0 Å². The average Bonchev–Trinajstić information content (AvgIpc) is 2.76. The van der Waals surface area contributed by atoms with E-state index >= 15 is 0 Å². The minimum Gasteiger partial charge on any atom is -0.125 e. The summed E-state index contributed by atoms with van der Waals surface area (Å²) in [6, 6.07) is 28.4. The fourth-order valence-electron chi connectivity index (χ4n) is 3.65. The van der Waals surface area contributed by atoms with Crippen molar-refractivity contribution in [2.24, 2.45) is 0 Å². The summed E-state index contributed by atoms with van der Waals surface area (Å²) in [5.41, 5.74) is 5.31. The van der Waals surface area contributed by atoms with Gasteiger partial charge < -0.3 is 0 Å². The molecule has 0 atom stereocenters. The first-order valence-corrected chi connectivity index (χ1v) is 11.8. The lowest BCUT2D eigenvalue weighted by Gasteiger charge is -2.15. The van der Waals surface area contributed by atoms with Gasteiger partial charge in [0, 0.05) is 10.5 Å². The summed E-state index contributed by atoms with van der Waals surface area (Å²) in [4.78, 5) is 1.40. The number of hydrogen-bond donors (Lipinski definition) is 0. The largest absolute Gasteiger partial charge is 0.125 e. The van der Waals surface area contributed by atoms with E-state index in [1.165, 1.54) is 77.8 Å². The number of thioether (sulfide) groups is 1. The van der Waals surface area contributed by atoms with E-state index in [9.17, 15) is 0 Å². The van der Waals surface area contributed by atoms with Crippen LogP contribution in [0.5, 0.6) is 0 Å². The zero-order chi connectivity index (χ0) is 19.4. The van der Waals surface area contributed by atoms with Crippen LogP contribution in [0.4, 0.5) is 0 Å². The van der Waals surface area contributed by atoms with Gasteiger partial charge in [-0.2, -0.15) is 0 Å². The molecule has 28 heavy (non-hydrogen) atoms. The topological polar surface area (TPSA) is 0 Å². The molecular formula is C27H32S. The van der Waals surface area contributed by atoms with Gasteiger partial charge in [-0.3, -0.25) is 0 Å². The van der Waals surface area contributed by atoms with Crippen molar-refractivity contribution in [1.82, 2.24) is 0 Å². The highest BCUT2D eigenvalue weighted by molar-refractivity contribution is 7.99. The smallest absolute Gasteiger partial charge is 0.0157 e. The van der Waals surface area contributed by atoms with Crippen molar-refractivity contribution >= 4 is 11.8 Å². The zero-order valence-electron chi connectivity index (χ0n) is 17.1. The molecule has 0 amide bonds. The van der Waals surface area contributed by atoms with E-state index < -0.39 is 0 Å². The third-order valence-corrected chi connectivity index (χ3v) is 6.32. The van der Waals surface area contributed by atoms with Crippen LogP contribution in [-0.2, 0) is 0 Å². The number of hydrogen-bond acceptors (Lipinski definition) is 1. The maximum absolute atomic E-state index is 2.29. The van der Waals surface area contributed by atoms with Crippen molar-refractivity contribution in [2.75, 3.05) is 5.75 Å². The minimum absolute atomic E-state index is 1.20. The van der Waals surface area contributed by atoms with Crippen molar-refractivity contribution in [3.05, 3.63) is 78.9 Å². The normalized spacial score (nSPS) is 10.9. The summed E-state index contributed by atoms with van der Waals surface area (Å²) >= 11 is 2.02. The van der Waals surface area contributed by atoms with Crippen molar-refractivity contribution in [2.45, 2.75) is 56.8 Å². The van der Waals surface area contributed by atoms with Crippen molar-refractivity contribution < 1.29 is 0 Å². The van der Waals surface area contributed by atoms with Crippen LogP contribution in [-0.4, -0.2) is 5.75 Å². The Morgan fingerprint density at radius 1 is 0.571 bits per heavy atom. The van der Waals surface area contributed by atoms with Crippen LogP contribution in [0.1, 0.15) is 51.9 Å². The standard InChI is InChI=1S/C27H32S/c1-2-3-4-5-6-7-14-22-28-26-21-15-20-25(23-16-10-8-11-17-23)27(26)24-18-12-9-13-19-24/h8-13,15-21H,2-7,14,22H2,1H3. The quantitative estimate of drug-likeness (QED) is 0.233. The summed E-state index contributed by atoms with van der Waals surface area (Å²) in [5.74, 6) is 1.20. The molecule has 0 aliphatic rings. The van der Waals surface area contributed by atoms with Gasteiger partial charge in [-0.15, -0.1) is 11.8 Å². The number of rotatable bonds is 11. The second kappa shape index (κ2) is 11.8. The predicted molar refractivity (Wildman–Crippen MR) is 126 cm³/mol. The Labute approximate surface area is 175 Å². The molecule has 0 aliphatic heterocycles. The molecule has 3 aromatic carbocycles. The summed E-state index contributed by atoms with van der Waals surface area (Å²) in [5, 5.41) is 0. The minimum atomic E-state index is 1.20. The highest BCUT2D eigenvalue weighted by Gasteiger charge is 2.12. The molecule has 0 spiro atoms. The number of benzene rings is 3. The molecule has 0 saturated heterocycles. The van der Waals surface area contributed by atoms with Gasteiger partial charge in [-0.25, -0.2) is 0 Å². The highest BCUT2D eigenvalue weighted by atomic mass is 32.2. The first kappa shape index (κ1) is 20.7. The third-order valence-electron chi connectivity index (χ3n) is 5.18. The van der Waals surface area contributed by atoms with Crippen LogP contribution < -0.4 is 0 Å². The van der Waals surface area contributed by atoms with Crippen molar-refractivity contribution in [3.8, 4) is 22.3 Å². The molecule has 0 heterocycles. The first-order chi connectivity index (χ1) is 13.9. The fraction of sp³-hybridized carbons (Fsp3) is 0.333. The van der Waals surface area contributed by atoms with Crippen LogP contribution in [0.25, 0.3) is 22.3 Å². The maximum Gasteiger partial charge on any atom is 0.0157 e. The van der Waals surface area contributed by atoms with Gasteiger partial charge in [0.2, 0.25) is 0 Å². The predicted octanol–water partition coefficient (Wildman–Crippen LogP) is 8.86. The SMILES string of the molecule is CCCCCCCCCSc1cccc(-c2ccccc2)c1-c1ccccc1. The van der Waals surface area contributed by atoms with Crippen molar-refractivity contribution in [3.63, 3.8) is 0 Å². The van der Waals surface area contributed by atoms with E-state index in [2.05, 4.69) is 85.8 Å². The van der Waals surface area contributed by atoms with E-state index in [0.717, 1.165) is 0 Å². The number of unbranched alkanes of at least 4 members (excludes halogenated alkanes) is 6. The van der Waals surface area contributed by atoms with Crippen LogP contribution in [0, 0.1) is 0 Å². The van der Waals surface area contributed by atoms with Gasteiger partial charge in [-0.05, 0) is 34.9 Å². The summed E-state index contributed by atoms with van der Waals surface area (Å²) < 4.78 is 0. The molecule has 1 heteroatoms. The second-order valence-corrected chi connectivity index (χ2v) is 8.52. The lowest BCUT2D eigenvalue weighted by Crippen LogP contribution is -1.90. The molecule has 0 aliphatic carbocycles. The van der Waals surface area contributed by atoms with Crippen molar-refractivity contribution in [1.29, 1.82) is 0 Å². The Kier molecular flexibility index (Phi) is 8.71. The lowest BCUT2D eigenvalue weighted by atomic mass is 9.94. The van der Waals surface area contributed by atoms with Gasteiger partial charge in [-0.1, -0.05) is 118 Å². The third kappa shape index (κ3) is 6.01. The lowest BCUT2D eigenvalue weighted by molar-refractivity contribution is 0.603. The van der Waals surface area contributed by atoms with Gasteiger partial charge >= 0.3 is 0 Å². The molecule has 0 radical (unpaired) electrons. The highest BCUT2D eigenvalue weighted by Crippen LogP contribution is 2.39. The van der Waals surface area contributed by atoms with Gasteiger partial charge in [0.1, 0.15) is 0 Å². The van der Waals surface area contributed by atoms with E-state index in [0.29, 0.717) is 0 Å². The zero-order valence-corrected chi connectivity index (χ0v) is 17.9. The van der Waals surface area contributed by atoms with E-state index in [1.54, 1.807) is 0 Å². The Morgan fingerprint density at radius 2 is 1.18 bits per heavy atom. The fourth-order valence-corrected chi connectivity index (χ4v) is 4.77.